The Hall–Kier alpha value is -1.88. The average molecular weight is 278 g/mol. The molecule has 1 N–H and O–H groups in total. The Morgan fingerprint density at radius 3 is 2.70 bits per heavy atom. The maximum Gasteiger partial charge on any atom is 0.163 e. The number of nitrogens with zero attached hydrogens (tertiary/aromatic N) is 2. The average Bonchev–Trinajstić information content (AvgIpc) is 2.83. The number of benzene rings is 1. The van der Waals surface area contributed by atoms with E-state index in [1.165, 1.54) is 13.2 Å². The van der Waals surface area contributed by atoms with Crippen LogP contribution >= 0.6 is 0 Å². The van der Waals surface area contributed by atoms with Gasteiger partial charge in [-0.15, -0.1) is 0 Å². The summed E-state index contributed by atoms with van der Waals surface area (Å²) < 4.78 is 20.9. The van der Waals surface area contributed by atoms with Crippen LogP contribution in [0.15, 0.2) is 30.5 Å². The molecule has 0 spiro atoms. The number of halogens is 1. The van der Waals surface area contributed by atoms with Crippen molar-refractivity contribution in [3.63, 3.8) is 0 Å². The highest BCUT2D eigenvalue weighted by atomic mass is 19.1. The van der Waals surface area contributed by atoms with Gasteiger partial charge in [0.15, 0.2) is 5.75 Å². The number of ether oxygens (including phenoxy) is 1. The van der Waals surface area contributed by atoms with Crippen LogP contribution in [0, 0.1) is 5.82 Å². The predicted octanol–water partition coefficient (Wildman–Crippen LogP) is 2.70. The first-order chi connectivity index (χ1) is 9.52. The van der Waals surface area contributed by atoms with Gasteiger partial charge in [0.1, 0.15) is 17.1 Å². The normalized spacial score (nSPS) is 14.1. The lowest BCUT2D eigenvalue weighted by atomic mass is 9.91. The zero-order chi connectivity index (χ0) is 14.8. The van der Waals surface area contributed by atoms with E-state index >= 15 is 0 Å². The Kier molecular flexibility index (Phi) is 4.09. The van der Waals surface area contributed by atoms with Gasteiger partial charge >= 0.3 is 0 Å². The molecule has 108 valence electrons. The van der Waals surface area contributed by atoms with Crippen molar-refractivity contribution in [3.05, 3.63) is 47.5 Å². The van der Waals surface area contributed by atoms with Crippen molar-refractivity contribution in [1.82, 2.24) is 9.78 Å². The molecule has 0 saturated carbocycles. The molecule has 2 aromatic rings. The molecule has 0 fully saturated rings. The summed E-state index contributed by atoms with van der Waals surface area (Å²) in [5.41, 5.74) is -0.842. The minimum atomic E-state index is -1.51. The standard InChI is InChI=1S/C15H19FN2O2/c1-4-9-18-14(13(20-3)10-17-18)15(2,19)11-7-5-6-8-12(11)16/h5-8,10,19H,4,9H2,1-3H3. The Balaban J connectivity index is 2.59. The van der Waals surface area contributed by atoms with Crippen LogP contribution in [0.2, 0.25) is 0 Å². The maximum atomic E-state index is 14.0. The van der Waals surface area contributed by atoms with E-state index in [2.05, 4.69) is 5.10 Å². The topological polar surface area (TPSA) is 47.3 Å². The lowest BCUT2D eigenvalue weighted by Crippen LogP contribution is -2.28. The maximum absolute atomic E-state index is 14.0. The fourth-order valence-corrected chi connectivity index (χ4v) is 2.37. The molecule has 1 aromatic heterocycles. The predicted molar refractivity (Wildman–Crippen MR) is 74.1 cm³/mol. The second kappa shape index (κ2) is 5.63. The molecular weight excluding hydrogens is 259 g/mol. The Morgan fingerprint density at radius 2 is 2.10 bits per heavy atom. The SMILES string of the molecule is CCCn1ncc(OC)c1C(C)(O)c1ccccc1F. The molecule has 1 heterocycles. The van der Waals surface area contributed by atoms with Crippen molar-refractivity contribution in [2.45, 2.75) is 32.4 Å². The molecule has 0 aliphatic rings. The summed E-state index contributed by atoms with van der Waals surface area (Å²) in [6, 6.07) is 6.18. The van der Waals surface area contributed by atoms with Gasteiger partial charge in [-0.05, 0) is 19.4 Å². The van der Waals surface area contributed by atoms with Gasteiger partial charge in [-0.3, -0.25) is 4.68 Å². The molecule has 0 radical (unpaired) electrons. The molecule has 5 heteroatoms. The first kappa shape index (κ1) is 14.5. The van der Waals surface area contributed by atoms with Crippen LogP contribution in [-0.4, -0.2) is 22.0 Å². The third kappa shape index (κ3) is 2.41. The Morgan fingerprint density at radius 1 is 1.40 bits per heavy atom. The van der Waals surface area contributed by atoms with Gasteiger partial charge in [-0.2, -0.15) is 5.10 Å². The van der Waals surface area contributed by atoms with Gasteiger partial charge in [-0.25, -0.2) is 4.39 Å². The fraction of sp³-hybridized carbons (Fsp3) is 0.400. The summed E-state index contributed by atoms with van der Waals surface area (Å²) in [7, 11) is 1.51. The molecule has 1 unspecified atom stereocenters. The monoisotopic (exact) mass is 278 g/mol. The van der Waals surface area contributed by atoms with Gasteiger partial charge in [0.2, 0.25) is 0 Å². The molecule has 0 bridgehead atoms. The lowest BCUT2D eigenvalue weighted by molar-refractivity contribution is 0.0842. The van der Waals surface area contributed by atoms with E-state index in [4.69, 9.17) is 4.74 Å². The highest BCUT2D eigenvalue weighted by molar-refractivity contribution is 5.39. The number of aryl methyl sites for hydroxylation is 1. The van der Waals surface area contributed by atoms with E-state index in [0.717, 1.165) is 6.42 Å². The number of aliphatic hydroxyl groups is 1. The summed E-state index contributed by atoms with van der Waals surface area (Å²) >= 11 is 0. The first-order valence-electron chi connectivity index (χ1n) is 6.60. The number of hydrogen-bond donors (Lipinski definition) is 1. The molecule has 0 saturated heterocycles. The van der Waals surface area contributed by atoms with Crippen molar-refractivity contribution >= 4 is 0 Å². The number of hydrogen-bond acceptors (Lipinski definition) is 3. The summed E-state index contributed by atoms with van der Waals surface area (Å²) in [6.45, 7) is 4.19. The third-order valence-electron chi connectivity index (χ3n) is 3.32. The minimum Gasteiger partial charge on any atom is -0.493 e. The molecule has 1 aromatic carbocycles. The third-order valence-corrected chi connectivity index (χ3v) is 3.32. The summed E-state index contributed by atoms with van der Waals surface area (Å²) in [6.07, 6.45) is 2.39. The lowest BCUT2D eigenvalue weighted by Gasteiger charge is -2.26. The number of methoxy groups -OCH3 is 1. The van der Waals surface area contributed by atoms with Crippen molar-refractivity contribution in [1.29, 1.82) is 0 Å². The minimum absolute atomic E-state index is 0.205. The molecule has 4 nitrogen and oxygen atoms in total. The van der Waals surface area contributed by atoms with Crippen molar-refractivity contribution in [3.8, 4) is 5.75 Å². The van der Waals surface area contributed by atoms with E-state index in [0.29, 0.717) is 18.0 Å². The van der Waals surface area contributed by atoms with Gasteiger partial charge < -0.3 is 9.84 Å². The van der Waals surface area contributed by atoms with E-state index in [-0.39, 0.29) is 5.56 Å². The quantitative estimate of drug-likeness (QED) is 0.914. The fourth-order valence-electron chi connectivity index (χ4n) is 2.37. The van der Waals surface area contributed by atoms with Crippen molar-refractivity contribution < 1.29 is 14.2 Å². The van der Waals surface area contributed by atoms with E-state index in [9.17, 15) is 9.50 Å². The summed E-state index contributed by atoms with van der Waals surface area (Å²) in [5.74, 6) is -0.00416. The van der Waals surface area contributed by atoms with E-state index in [1.807, 2.05) is 6.92 Å². The molecule has 0 amide bonds. The largest absolute Gasteiger partial charge is 0.493 e. The second-order valence-electron chi connectivity index (χ2n) is 4.84. The van der Waals surface area contributed by atoms with Crippen LogP contribution in [0.3, 0.4) is 0 Å². The highest BCUT2D eigenvalue weighted by Crippen LogP contribution is 2.36. The second-order valence-corrected chi connectivity index (χ2v) is 4.84. The highest BCUT2D eigenvalue weighted by Gasteiger charge is 2.35. The van der Waals surface area contributed by atoms with Gasteiger partial charge in [0.25, 0.3) is 0 Å². The molecule has 1 atom stereocenters. The Labute approximate surface area is 117 Å². The zero-order valence-electron chi connectivity index (χ0n) is 11.9. The van der Waals surface area contributed by atoms with Crippen LogP contribution in [-0.2, 0) is 12.1 Å². The molecule has 2 rings (SSSR count). The molecular formula is C15H19FN2O2. The van der Waals surface area contributed by atoms with Crippen LogP contribution in [0.5, 0.6) is 5.75 Å². The van der Waals surface area contributed by atoms with Crippen LogP contribution in [0.1, 0.15) is 31.5 Å². The van der Waals surface area contributed by atoms with Gasteiger partial charge in [-0.1, -0.05) is 25.1 Å². The van der Waals surface area contributed by atoms with Crippen LogP contribution in [0.25, 0.3) is 0 Å². The number of rotatable bonds is 5. The molecule has 0 aliphatic carbocycles. The first-order valence-corrected chi connectivity index (χ1v) is 6.60. The van der Waals surface area contributed by atoms with Crippen LogP contribution < -0.4 is 4.74 Å². The van der Waals surface area contributed by atoms with Crippen LogP contribution in [0.4, 0.5) is 4.39 Å². The zero-order valence-corrected chi connectivity index (χ0v) is 11.9. The van der Waals surface area contributed by atoms with E-state index in [1.54, 1.807) is 36.0 Å². The smallest absolute Gasteiger partial charge is 0.163 e. The van der Waals surface area contributed by atoms with Gasteiger partial charge in [0, 0.05) is 12.1 Å². The molecule has 20 heavy (non-hydrogen) atoms. The Bertz CT molecular complexity index is 593. The molecule has 0 aliphatic heterocycles. The van der Waals surface area contributed by atoms with Gasteiger partial charge in [0.05, 0.1) is 13.3 Å². The van der Waals surface area contributed by atoms with E-state index < -0.39 is 11.4 Å². The van der Waals surface area contributed by atoms with Crippen molar-refractivity contribution in [2.24, 2.45) is 0 Å². The van der Waals surface area contributed by atoms with Crippen molar-refractivity contribution in [2.75, 3.05) is 7.11 Å². The summed E-state index contributed by atoms with van der Waals surface area (Å²) in [4.78, 5) is 0. The summed E-state index contributed by atoms with van der Waals surface area (Å²) in [5, 5.41) is 15.1. The number of aromatic nitrogens is 2.